The number of thiazole rings is 1. The van der Waals surface area contributed by atoms with Crippen molar-refractivity contribution >= 4 is 11.3 Å². The molecule has 1 rings (SSSR count). The third kappa shape index (κ3) is 2.79. The number of aromatic nitrogens is 1. The fraction of sp³-hybridized carbons (Fsp3) is 0.727. The van der Waals surface area contributed by atoms with Gasteiger partial charge in [0.2, 0.25) is 0 Å². The molecule has 14 heavy (non-hydrogen) atoms. The number of nitrogens with zero attached hydrogens (tertiary/aromatic N) is 1. The normalized spacial score (nSPS) is 17.8. The van der Waals surface area contributed by atoms with Gasteiger partial charge in [-0.3, -0.25) is 0 Å². The van der Waals surface area contributed by atoms with E-state index in [9.17, 15) is 5.11 Å². The summed E-state index contributed by atoms with van der Waals surface area (Å²) in [6.45, 7) is 8.08. The molecule has 1 heterocycles. The van der Waals surface area contributed by atoms with E-state index in [1.165, 1.54) is 0 Å². The molecule has 3 heteroatoms. The molecule has 1 aromatic heterocycles. The summed E-state index contributed by atoms with van der Waals surface area (Å²) < 4.78 is 0. The lowest BCUT2D eigenvalue weighted by atomic mass is 9.85. The molecular weight excluding hydrogens is 194 g/mol. The van der Waals surface area contributed by atoms with Gasteiger partial charge in [-0.2, -0.15) is 0 Å². The van der Waals surface area contributed by atoms with Gasteiger partial charge < -0.3 is 5.11 Å². The molecule has 0 aliphatic carbocycles. The molecular formula is C11H19NOS. The van der Waals surface area contributed by atoms with Gasteiger partial charge in [0.15, 0.2) is 0 Å². The molecule has 1 aromatic rings. The summed E-state index contributed by atoms with van der Waals surface area (Å²) in [4.78, 5) is 4.37. The molecule has 0 aliphatic rings. The first kappa shape index (κ1) is 11.7. The van der Waals surface area contributed by atoms with Crippen LogP contribution >= 0.6 is 11.3 Å². The Hall–Kier alpha value is -0.410. The standard InChI is InChI=1S/C11H19NOS/c1-5-8(2)11(4,13)6-10-7-14-9(3)12-10/h7-8,13H,5-6H2,1-4H3. The third-order valence-electron chi connectivity index (χ3n) is 2.88. The zero-order valence-electron chi connectivity index (χ0n) is 9.37. The minimum absolute atomic E-state index is 0.310. The molecule has 0 amide bonds. The highest BCUT2D eigenvalue weighted by Crippen LogP contribution is 2.24. The molecule has 2 atom stereocenters. The zero-order chi connectivity index (χ0) is 10.8. The SMILES string of the molecule is CCC(C)C(C)(O)Cc1csc(C)n1. The Morgan fingerprint density at radius 1 is 1.64 bits per heavy atom. The first-order chi connectivity index (χ1) is 6.45. The van der Waals surface area contributed by atoms with E-state index in [0.29, 0.717) is 12.3 Å². The van der Waals surface area contributed by atoms with Crippen LogP contribution in [-0.4, -0.2) is 15.7 Å². The van der Waals surface area contributed by atoms with E-state index in [0.717, 1.165) is 17.1 Å². The number of rotatable bonds is 4. The molecule has 0 saturated carbocycles. The van der Waals surface area contributed by atoms with Crippen molar-refractivity contribution < 1.29 is 5.11 Å². The van der Waals surface area contributed by atoms with Gasteiger partial charge in [0.1, 0.15) is 0 Å². The number of hydrogen-bond donors (Lipinski definition) is 1. The van der Waals surface area contributed by atoms with Crippen LogP contribution in [-0.2, 0) is 6.42 Å². The van der Waals surface area contributed by atoms with Crippen molar-refractivity contribution in [2.24, 2.45) is 5.92 Å². The average Bonchev–Trinajstić information content (AvgIpc) is 2.48. The fourth-order valence-corrected chi connectivity index (χ4v) is 2.08. The monoisotopic (exact) mass is 213 g/mol. The minimum Gasteiger partial charge on any atom is -0.389 e. The highest BCUT2D eigenvalue weighted by atomic mass is 32.1. The van der Waals surface area contributed by atoms with Gasteiger partial charge in [0, 0.05) is 11.8 Å². The largest absolute Gasteiger partial charge is 0.389 e. The number of aliphatic hydroxyl groups is 1. The molecule has 0 saturated heterocycles. The maximum atomic E-state index is 10.2. The highest BCUT2D eigenvalue weighted by molar-refractivity contribution is 7.09. The van der Waals surface area contributed by atoms with Crippen molar-refractivity contribution in [1.82, 2.24) is 4.98 Å². The van der Waals surface area contributed by atoms with Gasteiger partial charge in [-0.1, -0.05) is 20.3 Å². The van der Waals surface area contributed by atoms with E-state index in [2.05, 4.69) is 18.8 Å². The molecule has 80 valence electrons. The molecule has 2 unspecified atom stereocenters. The first-order valence-corrected chi connectivity index (χ1v) is 5.97. The molecule has 2 nitrogen and oxygen atoms in total. The van der Waals surface area contributed by atoms with Gasteiger partial charge >= 0.3 is 0 Å². The topological polar surface area (TPSA) is 33.1 Å². The van der Waals surface area contributed by atoms with Crippen LogP contribution in [0, 0.1) is 12.8 Å². The summed E-state index contributed by atoms with van der Waals surface area (Å²) >= 11 is 1.64. The van der Waals surface area contributed by atoms with Crippen molar-refractivity contribution in [1.29, 1.82) is 0 Å². The number of hydrogen-bond acceptors (Lipinski definition) is 3. The van der Waals surface area contributed by atoms with Crippen LogP contribution in [0.4, 0.5) is 0 Å². The number of aryl methyl sites for hydroxylation is 1. The van der Waals surface area contributed by atoms with Gasteiger partial charge in [-0.25, -0.2) is 4.98 Å². The second-order valence-electron chi connectivity index (χ2n) is 4.20. The molecule has 0 fully saturated rings. The summed E-state index contributed by atoms with van der Waals surface area (Å²) in [6.07, 6.45) is 1.66. The second-order valence-corrected chi connectivity index (χ2v) is 5.26. The van der Waals surface area contributed by atoms with E-state index in [4.69, 9.17) is 0 Å². The lowest BCUT2D eigenvalue weighted by Gasteiger charge is -2.28. The van der Waals surface area contributed by atoms with Crippen molar-refractivity contribution in [3.05, 3.63) is 16.1 Å². The first-order valence-electron chi connectivity index (χ1n) is 5.09. The fourth-order valence-electron chi connectivity index (χ4n) is 1.47. The molecule has 0 aliphatic heterocycles. The second kappa shape index (κ2) is 4.41. The van der Waals surface area contributed by atoms with Crippen molar-refractivity contribution in [3.8, 4) is 0 Å². The highest BCUT2D eigenvalue weighted by Gasteiger charge is 2.27. The predicted molar refractivity (Wildman–Crippen MR) is 60.6 cm³/mol. The smallest absolute Gasteiger partial charge is 0.0897 e. The summed E-state index contributed by atoms with van der Waals surface area (Å²) in [7, 11) is 0. The van der Waals surface area contributed by atoms with E-state index in [-0.39, 0.29) is 0 Å². The Balaban J connectivity index is 2.67. The molecule has 0 radical (unpaired) electrons. The van der Waals surface area contributed by atoms with E-state index < -0.39 is 5.60 Å². The van der Waals surface area contributed by atoms with Gasteiger partial charge in [0.25, 0.3) is 0 Å². The molecule has 0 spiro atoms. The summed E-state index contributed by atoms with van der Waals surface area (Å²) in [5, 5.41) is 13.3. The Morgan fingerprint density at radius 3 is 2.71 bits per heavy atom. The quantitative estimate of drug-likeness (QED) is 0.834. The van der Waals surface area contributed by atoms with E-state index >= 15 is 0 Å². The van der Waals surface area contributed by atoms with Crippen LogP contribution < -0.4 is 0 Å². The van der Waals surface area contributed by atoms with Crippen LogP contribution in [0.5, 0.6) is 0 Å². The Morgan fingerprint density at radius 2 is 2.29 bits per heavy atom. The van der Waals surface area contributed by atoms with Crippen LogP contribution in [0.1, 0.15) is 37.9 Å². The molecule has 0 aromatic carbocycles. The van der Waals surface area contributed by atoms with Crippen molar-refractivity contribution in [3.63, 3.8) is 0 Å². The summed E-state index contributed by atoms with van der Waals surface area (Å²) in [6, 6.07) is 0. The van der Waals surface area contributed by atoms with Crippen molar-refractivity contribution in [2.75, 3.05) is 0 Å². The summed E-state index contributed by atoms with van der Waals surface area (Å²) in [5.74, 6) is 0.310. The van der Waals surface area contributed by atoms with Gasteiger partial charge in [0.05, 0.1) is 16.3 Å². The Bertz CT molecular complexity index is 293. The predicted octanol–water partition coefficient (Wildman–Crippen LogP) is 2.79. The van der Waals surface area contributed by atoms with E-state index in [1.807, 2.05) is 19.2 Å². The zero-order valence-corrected chi connectivity index (χ0v) is 10.2. The Kier molecular flexibility index (Phi) is 3.67. The van der Waals surface area contributed by atoms with Crippen molar-refractivity contribution in [2.45, 2.75) is 46.1 Å². The lowest BCUT2D eigenvalue weighted by molar-refractivity contribution is 0.00444. The maximum absolute atomic E-state index is 10.2. The minimum atomic E-state index is -0.630. The van der Waals surface area contributed by atoms with Crippen LogP contribution in [0.15, 0.2) is 5.38 Å². The lowest BCUT2D eigenvalue weighted by Crippen LogP contribution is -2.35. The van der Waals surface area contributed by atoms with Crippen LogP contribution in [0.25, 0.3) is 0 Å². The Labute approximate surface area is 90.0 Å². The van der Waals surface area contributed by atoms with E-state index in [1.54, 1.807) is 11.3 Å². The summed E-state index contributed by atoms with van der Waals surface area (Å²) in [5.41, 5.74) is 0.382. The average molecular weight is 213 g/mol. The van der Waals surface area contributed by atoms with Crippen LogP contribution in [0.2, 0.25) is 0 Å². The third-order valence-corrected chi connectivity index (χ3v) is 3.70. The van der Waals surface area contributed by atoms with Crippen LogP contribution in [0.3, 0.4) is 0 Å². The molecule has 0 bridgehead atoms. The molecule has 1 N–H and O–H groups in total. The van der Waals surface area contributed by atoms with Gasteiger partial charge in [-0.05, 0) is 19.8 Å². The van der Waals surface area contributed by atoms with Gasteiger partial charge in [-0.15, -0.1) is 11.3 Å². The maximum Gasteiger partial charge on any atom is 0.0897 e.